The zero-order chi connectivity index (χ0) is 13.7. The van der Waals surface area contributed by atoms with E-state index in [4.69, 9.17) is 0 Å². The Kier molecular flexibility index (Phi) is 2.33. The number of fused-ring (bicyclic) bond motifs is 1. The summed E-state index contributed by atoms with van der Waals surface area (Å²) in [6.45, 7) is 0. The number of hydrogen-bond acceptors (Lipinski definition) is 2. The van der Waals surface area contributed by atoms with Gasteiger partial charge in [0.1, 0.15) is 5.69 Å². The Morgan fingerprint density at radius 3 is 2.90 bits per heavy atom. The highest BCUT2D eigenvalue weighted by Gasteiger charge is 2.32. The maximum Gasteiger partial charge on any atom is 0.168 e. The molecule has 100 valence electrons. The van der Waals surface area contributed by atoms with Gasteiger partial charge in [0.15, 0.2) is 5.78 Å². The molecule has 0 aromatic carbocycles. The summed E-state index contributed by atoms with van der Waals surface area (Å²) in [6, 6.07) is 7.94. The van der Waals surface area contributed by atoms with Crippen molar-refractivity contribution in [3.63, 3.8) is 0 Å². The average Bonchev–Trinajstić information content (AvgIpc) is 3.12. The standard InChI is InChI=1S/C16H15N3O/c1-18-9-13(17-10-18)15-8-12(16(20)11-5-6-11)14-4-2-3-7-19(14)15/h2-4,7-11H,5-6H2,1H3. The highest BCUT2D eigenvalue weighted by molar-refractivity contribution is 6.06. The van der Waals surface area contributed by atoms with E-state index in [0.717, 1.165) is 35.3 Å². The Bertz CT molecular complexity index is 808. The molecule has 0 amide bonds. The first-order chi connectivity index (χ1) is 9.74. The molecule has 1 saturated carbocycles. The summed E-state index contributed by atoms with van der Waals surface area (Å²) < 4.78 is 3.97. The number of aromatic nitrogens is 3. The number of pyridine rings is 1. The summed E-state index contributed by atoms with van der Waals surface area (Å²) in [7, 11) is 1.95. The third kappa shape index (κ3) is 1.68. The van der Waals surface area contributed by atoms with Gasteiger partial charge >= 0.3 is 0 Å². The molecule has 0 atom stereocenters. The second-order valence-electron chi connectivity index (χ2n) is 5.46. The minimum atomic E-state index is 0.234. The SMILES string of the molecule is Cn1cnc(-c2cc(C(=O)C3CC3)c3ccccn23)c1. The molecule has 3 heterocycles. The second-order valence-corrected chi connectivity index (χ2v) is 5.46. The van der Waals surface area contributed by atoms with E-state index in [2.05, 4.69) is 9.38 Å². The molecule has 3 aromatic heterocycles. The van der Waals surface area contributed by atoms with E-state index in [9.17, 15) is 4.79 Å². The van der Waals surface area contributed by atoms with Gasteiger partial charge < -0.3 is 8.97 Å². The number of carbonyl (C=O) groups excluding carboxylic acids is 1. The van der Waals surface area contributed by atoms with Crippen LogP contribution in [0.5, 0.6) is 0 Å². The first-order valence-electron chi connectivity index (χ1n) is 6.86. The molecule has 0 N–H and O–H groups in total. The van der Waals surface area contributed by atoms with E-state index < -0.39 is 0 Å². The lowest BCUT2D eigenvalue weighted by Gasteiger charge is -1.99. The zero-order valence-corrected chi connectivity index (χ0v) is 11.3. The quantitative estimate of drug-likeness (QED) is 0.683. The molecule has 3 aromatic rings. The maximum absolute atomic E-state index is 12.4. The molecular weight excluding hydrogens is 250 g/mol. The molecule has 1 aliphatic carbocycles. The van der Waals surface area contributed by atoms with Crippen molar-refractivity contribution in [2.75, 3.05) is 0 Å². The van der Waals surface area contributed by atoms with E-state index in [0.29, 0.717) is 0 Å². The van der Waals surface area contributed by atoms with Crippen molar-refractivity contribution in [3.05, 3.63) is 48.5 Å². The third-order valence-electron chi connectivity index (χ3n) is 3.86. The summed E-state index contributed by atoms with van der Waals surface area (Å²) in [6.07, 6.45) is 7.80. The van der Waals surface area contributed by atoms with E-state index in [1.54, 1.807) is 6.33 Å². The van der Waals surface area contributed by atoms with Crippen LogP contribution in [0, 0.1) is 5.92 Å². The normalized spacial score (nSPS) is 14.8. The lowest BCUT2D eigenvalue weighted by molar-refractivity contribution is 0.0969. The first-order valence-corrected chi connectivity index (χ1v) is 6.86. The zero-order valence-electron chi connectivity index (χ0n) is 11.3. The fraction of sp³-hybridized carbons (Fsp3) is 0.250. The van der Waals surface area contributed by atoms with Crippen LogP contribution in [0.3, 0.4) is 0 Å². The van der Waals surface area contributed by atoms with Crippen LogP contribution in [-0.4, -0.2) is 19.7 Å². The van der Waals surface area contributed by atoms with Crippen molar-refractivity contribution in [1.29, 1.82) is 0 Å². The number of imidazole rings is 1. The molecule has 4 rings (SSSR count). The Labute approximate surface area is 116 Å². The number of carbonyl (C=O) groups is 1. The fourth-order valence-electron chi connectivity index (χ4n) is 2.66. The van der Waals surface area contributed by atoms with Crippen LogP contribution in [0.15, 0.2) is 43.0 Å². The van der Waals surface area contributed by atoms with E-state index in [-0.39, 0.29) is 11.7 Å². The number of ketones is 1. The van der Waals surface area contributed by atoms with Crippen LogP contribution < -0.4 is 0 Å². The molecule has 4 heteroatoms. The molecule has 0 aliphatic heterocycles. The van der Waals surface area contributed by atoms with Gasteiger partial charge in [-0.1, -0.05) is 6.07 Å². The molecule has 20 heavy (non-hydrogen) atoms. The number of rotatable bonds is 3. The van der Waals surface area contributed by atoms with Gasteiger partial charge in [-0.25, -0.2) is 4.98 Å². The van der Waals surface area contributed by atoms with Crippen LogP contribution in [-0.2, 0) is 7.05 Å². The Balaban J connectivity index is 1.95. The van der Waals surface area contributed by atoms with E-state index in [1.807, 2.05) is 48.3 Å². The number of Topliss-reactive ketones (excluding diaryl/α,β-unsaturated/α-hetero) is 1. The second kappa shape index (κ2) is 4.07. The Morgan fingerprint density at radius 1 is 1.35 bits per heavy atom. The molecule has 0 saturated heterocycles. The van der Waals surface area contributed by atoms with Crippen molar-refractivity contribution in [2.24, 2.45) is 13.0 Å². The maximum atomic E-state index is 12.4. The van der Waals surface area contributed by atoms with Gasteiger partial charge in [0.2, 0.25) is 0 Å². The average molecular weight is 265 g/mol. The van der Waals surface area contributed by atoms with Gasteiger partial charge in [-0.2, -0.15) is 0 Å². The highest BCUT2D eigenvalue weighted by atomic mass is 16.1. The van der Waals surface area contributed by atoms with Crippen molar-refractivity contribution >= 4 is 11.3 Å². The van der Waals surface area contributed by atoms with Crippen LogP contribution in [0.1, 0.15) is 23.2 Å². The van der Waals surface area contributed by atoms with Crippen molar-refractivity contribution in [2.45, 2.75) is 12.8 Å². The number of nitrogens with zero attached hydrogens (tertiary/aromatic N) is 3. The summed E-state index contributed by atoms with van der Waals surface area (Å²) in [5.41, 5.74) is 3.67. The smallest absolute Gasteiger partial charge is 0.168 e. The molecule has 0 bridgehead atoms. The summed E-state index contributed by atoms with van der Waals surface area (Å²) >= 11 is 0. The van der Waals surface area contributed by atoms with E-state index in [1.165, 1.54) is 0 Å². The molecular formula is C16H15N3O. The third-order valence-corrected chi connectivity index (χ3v) is 3.86. The van der Waals surface area contributed by atoms with Gasteiger partial charge in [-0.15, -0.1) is 0 Å². The van der Waals surface area contributed by atoms with Crippen LogP contribution in [0.2, 0.25) is 0 Å². The minimum absolute atomic E-state index is 0.234. The predicted octanol–water partition coefficient (Wildman–Crippen LogP) is 2.93. The van der Waals surface area contributed by atoms with Crippen molar-refractivity contribution in [3.8, 4) is 11.4 Å². The van der Waals surface area contributed by atoms with Gasteiger partial charge in [0, 0.05) is 30.9 Å². The summed E-state index contributed by atoms with van der Waals surface area (Å²) in [4.78, 5) is 16.8. The highest BCUT2D eigenvalue weighted by Crippen LogP contribution is 2.35. The molecule has 1 aliphatic rings. The van der Waals surface area contributed by atoms with Gasteiger partial charge in [0.25, 0.3) is 0 Å². The van der Waals surface area contributed by atoms with Gasteiger partial charge in [-0.3, -0.25) is 4.79 Å². The Morgan fingerprint density at radius 2 is 2.20 bits per heavy atom. The predicted molar refractivity (Wildman–Crippen MR) is 76.7 cm³/mol. The van der Waals surface area contributed by atoms with Crippen LogP contribution in [0.25, 0.3) is 16.9 Å². The van der Waals surface area contributed by atoms with Crippen LogP contribution >= 0.6 is 0 Å². The molecule has 0 radical (unpaired) electrons. The number of hydrogen-bond donors (Lipinski definition) is 0. The first kappa shape index (κ1) is 11.5. The van der Waals surface area contributed by atoms with Crippen molar-refractivity contribution in [1.82, 2.24) is 14.0 Å². The lowest BCUT2D eigenvalue weighted by Crippen LogP contribution is -2.00. The molecule has 0 unspecified atom stereocenters. The van der Waals surface area contributed by atoms with Gasteiger partial charge in [-0.05, 0) is 31.0 Å². The van der Waals surface area contributed by atoms with E-state index >= 15 is 0 Å². The monoisotopic (exact) mass is 265 g/mol. The van der Waals surface area contributed by atoms with Crippen LogP contribution in [0.4, 0.5) is 0 Å². The summed E-state index contributed by atoms with van der Waals surface area (Å²) in [5.74, 6) is 0.508. The Hall–Kier alpha value is -2.36. The minimum Gasteiger partial charge on any atom is -0.340 e. The fourth-order valence-corrected chi connectivity index (χ4v) is 2.66. The largest absolute Gasteiger partial charge is 0.340 e. The lowest BCUT2D eigenvalue weighted by atomic mass is 10.1. The van der Waals surface area contributed by atoms with Crippen molar-refractivity contribution < 1.29 is 4.79 Å². The molecule has 0 spiro atoms. The van der Waals surface area contributed by atoms with Gasteiger partial charge in [0.05, 0.1) is 17.5 Å². The molecule has 1 fully saturated rings. The topological polar surface area (TPSA) is 39.3 Å². The summed E-state index contributed by atoms with van der Waals surface area (Å²) in [5, 5.41) is 0. The number of aryl methyl sites for hydroxylation is 1. The molecule has 4 nitrogen and oxygen atoms in total.